The van der Waals surface area contributed by atoms with Crippen LogP contribution in [-0.4, -0.2) is 34.1 Å². The molecule has 0 radical (unpaired) electrons. The number of aromatic nitrogens is 3. The SMILES string of the molecule is Cc1cc(N2CCCC2)nc(CNC(=O)c2cnoc2C)n1. The zero-order chi connectivity index (χ0) is 15.5. The largest absolute Gasteiger partial charge is 0.361 e. The third-order valence-electron chi connectivity index (χ3n) is 3.72. The van der Waals surface area contributed by atoms with Gasteiger partial charge in [-0.25, -0.2) is 9.97 Å². The molecule has 0 saturated carbocycles. The Balaban J connectivity index is 1.69. The van der Waals surface area contributed by atoms with Crippen molar-refractivity contribution in [2.45, 2.75) is 33.2 Å². The third kappa shape index (κ3) is 3.08. The van der Waals surface area contributed by atoms with Crippen LogP contribution < -0.4 is 10.2 Å². The van der Waals surface area contributed by atoms with E-state index in [-0.39, 0.29) is 12.5 Å². The minimum atomic E-state index is -0.230. The average molecular weight is 301 g/mol. The lowest BCUT2D eigenvalue weighted by molar-refractivity contribution is 0.0948. The Labute approximate surface area is 128 Å². The van der Waals surface area contributed by atoms with Crippen molar-refractivity contribution in [2.24, 2.45) is 0 Å². The summed E-state index contributed by atoms with van der Waals surface area (Å²) in [7, 11) is 0. The van der Waals surface area contributed by atoms with Gasteiger partial charge in [0.2, 0.25) is 0 Å². The third-order valence-corrected chi connectivity index (χ3v) is 3.72. The monoisotopic (exact) mass is 301 g/mol. The molecule has 7 nitrogen and oxygen atoms in total. The van der Waals surface area contributed by atoms with Gasteiger partial charge in [0.1, 0.15) is 23.0 Å². The Bertz CT molecular complexity index is 676. The zero-order valence-electron chi connectivity index (χ0n) is 12.8. The average Bonchev–Trinajstić information content (AvgIpc) is 3.15. The molecule has 1 aliphatic rings. The first kappa shape index (κ1) is 14.5. The van der Waals surface area contributed by atoms with Crippen LogP contribution in [0.1, 0.15) is 40.5 Å². The predicted molar refractivity (Wildman–Crippen MR) is 80.6 cm³/mol. The van der Waals surface area contributed by atoms with Gasteiger partial charge in [0.15, 0.2) is 0 Å². The normalized spacial score (nSPS) is 14.4. The lowest BCUT2D eigenvalue weighted by atomic mass is 10.2. The van der Waals surface area contributed by atoms with Crippen molar-refractivity contribution >= 4 is 11.7 Å². The highest BCUT2D eigenvalue weighted by atomic mass is 16.5. The number of nitrogens with zero attached hydrogens (tertiary/aromatic N) is 4. The number of anilines is 1. The highest BCUT2D eigenvalue weighted by Crippen LogP contribution is 2.18. The van der Waals surface area contributed by atoms with Gasteiger partial charge in [0.25, 0.3) is 5.91 Å². The van der Waals surface area contributed by atoms with Crippen LogP contribution in [-0.2, 0) is 6.54 Å². The van der Waals surface area contributed by atoms with Crippen LogP contribution in [0.15, 0.2) is 16.8 Å². The van der Waals surface area contributed by atoms with E-state index in [1.807, 2.05) is 13.0 Å². The van der Waals surface area contributed by atoms with Crippen LogP contribution >= 0.6 is 0 Å². The Morgan fingerprint density at radius 2 is 2.09 bits per heavy atom. The molecule has 2 aromatic heterocycles. The van der Waals surface area contributed by atoms with E-state index < -0.39 is 0 Å². The number of amides is 1. The summed E-state index contributed by atoms with van der Waals surface area (Å²) in [6.07, 6.45) is 3.81. The van der Waals surface area contributed by atoms with E-state index in [9.17, 15) is 4.79 Å². The topological polar surface area (TPSA) is 84.2 Å². The summed E-state index contributed by atoms with van der Waals surface area (Å²) in [5, 5.41) is 6.41. The van der Waals surface area contributed by atoms with E-state index >= 15 is 0 Å². The Hall–Kier alpha value is -2.44. The standard InChI is InChI=1S/C15H19N5O2/c1-10-7-14(20-5-3-4-6-20)19-13(18-10)9-16-15(21)12-8-17-22-11(12)2/h7-8H,3-6,9H2,1-2H3,(H,16,21). The van der Waals surface area contributed by atoms with E-state index in [2.05, 4.69) is 25.3 Å². The summed E-state index contributed by atoms with van der Waals surface area (Å²) in [4.78, 5) is 23.2. The highest BCUT2D eigenvalue weighted by Gasteiger charge is 2.16. The van der Waals surface area contributed by atoms with Crippen molar-refractivity contribution in [1.82, 2.24) is 20.4 Å². The molecular formula is C15H19N5O2. The summed E-state index contributed by atoms with van der Waals surface area (Å²) < 4.78 is 4.89. The van der Waals surface area contributed by atoms with Crippen molar-refractivity contribution in [3.05, 3.63) is 35.1 Å². The molecule has 1 aliphatic heterocycles. The molecule has 3 heterocycles. The van der Waals surface area contributed by atoms with Crippen LogP contribution in [0.5, 0.6) is 0 Å². The van der Waals surface area contributed by atoms with Gasteiger partial charge in [-0.05, 0) is 26.7 Å². The predicted octanol–water partition coefficient (Wildman–Crippen LogP) is 1.61. The molecule has 3 rings (SSSR count). The molecule has 0 unspecified atom stereocenters. The van der Waals surface area contributed by atoms with E-state index in [0.717, 1.165) is 24.6 Å². The van der Waals surface area contributed by atoms with Gasteiger partial charge in [-0.2, -0.15) is 0 Å². The Kier molecular flexibility index (Phi) is 4.04. The smallest absolute Gasteiger partial charge is 0.256 e. The summed E-state index contributed by atoms with van der Waals surface area (Å²) in [6.45, 7) is 5.99. The summed E-state index contributed by atoms with van der Waals surface area (Å²) >= 11 is 0. The fourth-order valence-corrected chi connectivity index (χ4v) is 2.57. The number of carbonyl (C=O) groups excluding carboxylic acids is 1. The molecule has 1 N–H and O–H groups in total. The minimum absolute atomic E-state index is 0.230. The van der Waals surface area contributed by atoms with Gasteiger partial charge in [-0.1, -0.05) is 5.16 Å². The maximum atomic E-state index is 12.0. The lowest BCUT2D eigenvalue weighted by Gasteiger charge is -2.17. The quantitative estimate of drug-likeness (QED) is 0.923. The van der Waals surface area contributed by atoms with Crippen LogP contribution in [0.2, 0.25) is 0 Å². The summed E-state index contributed by atoms with van der Waals surface area (Å²) in [5.41, 5.74) is 1.34. The lowest BCUT2D eigenvalue weighted by Crippen LogP contribution is -2.25. The molecule has 22 heavy (non-hydrogen) atoms. The van der Waals surface area contributed by atoms with Gasteiger partial charge in [0, 0.05) is 24.8 Å². The second-order valence-electron chi connectivity index (χ2n) is 5.46. The van der Waals surface area contributed by atoms with Gasteiger partial charge in [-0.15, -0.1) is 0 Å². The molecule has 0 atom stereocenters. The first-order valence-electron chi connectivity index (χ1n) is 7.42. The Morgan fingerprint density at radius 1 is 1.32 bits per heavy atom. The number of hydrogen-bond donors (Lipinski definition) is 1. The van der Waals surface area contributed by atoms with Crippen molar-refractivity contribution < 1.29 is 9.32 Å². The van der Waals surface area contributed by atoms with E-state index in [0.29, 0.717) is 17.1 Å². The van der Waals surface area contributed by atoms with E-state index in [4.69, 9.17) is 4.52 Å². The number of carbonyl (C=O) groups is 1. The molecule has 0 bridgehead atoms. The summed E-state index contributed by atoms with van der Waals surface area (Å²) in [5.74, 6) is 1.83. The number of nitrogens with one attached hydrogen (secondary N) is 1. The number of hydrogen-bond acceptors (Lipinski definition) is 6. The summed E-state index contributed by atoms with van der Waals surface area (Å²) in [6, 6.07) is 1.99. The molecule has 1 saturated heterocycles. The fraction of sp³-hybridized carbons (Fsp3) is 0.467. The van der Waals surface area contributed by atoms with Crippen LogP contribution in [0.25, 0.3) is 0 Å². The molecule has 1 fully saturated rings. The zero-order valence-corrected chi connectivity index (χ0v) is 12.8. The maximum absolute atomic E-state index is 12.0. The molecule has 0 aliphatic carbocycles. The first-order valence-corrected chi connectivity index (χ1v) is 7.42. The molecule has 116 valence electrons. The van der Waals surface area contributed by atoms with Gasteiger partial charge < -0.3 is 14.7 Å². The van der Waals surface area contributed by atoms with Crippen LogP contribution in [0.4, 0.5) is 5.82 Å². The van der Waals surface area contributed by atoms with Crippen molar-refractivity contribution in [1.29, 1.82) is 0 Å². The second kappa shape index (κ2) is 6.13. The van der Waals surface area contributed by atoms with Gasteiger partial charge in [0.05, 0.1) is 12.7 Å². The van der Waals surface area contributed by atoms with Crippen molar-refractivity contribution in [3.8, 4) is 0 Å². The highest BCUT2D eigenvalue weighted by molar-refractivity contribution is 5.94. The van der Waals surface area contributed by atoms with E-state index in [1.54, 1.807) is 6.92 Å². The van der Waals surface area contributed by atoms with Crippen molar-refractivity contribution in [3.63, 3.8) is 0 Å². The van der Waals surface area contributed by atoms with Gasteiger partial charge in [-0.3, -0.25) is 4.79 Å². The molecule has 0 aromatic carbocycles. The molecule has 1 amide bonds. The minimum Gasteiger partial charge on any atom is -0.361 e. The molecule has 7 heteroatoms. The number of rotatable bonds is 4. The molecule has 0 spiro atoms. The molecular weight excluding hydrogens is 282 g/mol. The van der Waals surface area contributed by atoms with Gasteiger partial charge >= 0.3 is 0 Å². The fourth-order valence-electron chi connectivity index (χ4n) is 2.57. The second-order valence-corrected chi connectivity index (χ2v) is 5.46. The van der Waals surface area contributed by atoms with E-state index in [1.165, 1.54) is 19.0 Å². The first-order chi connectivity index (χ1) is 10.6. The Morgan fingerprint density at radius 3 is 2.77 bits per heavy atom. The number of aryl methyl sites for hydroxylation is 2. The maximum Gasteiger partial charge on any atom is 0.256 e. The molecule has 2 aromatic rings. The van der Waals surface area contributed by atoms with Crippen molar-refractivity contribution in [2.75, 3.05) is 18.0 Å². The van der Waals surface area contributed by atoms with Crippen LogP contribution in [0, 0.1) is 13.8 Å². The van der Waals surface area contributed by atoms with Crippen LogP contribution in [0.3, 0.4) is 0 Å².